The van der Waals surface area contributed by atoms with Gasteiger partial charge in [0, 0.05) is 19.0 Å². The molecule has 0 aromatic heterocycles. The molecular formula is C13H11F2NO4. The fourth-order valence-electron chi connectivity index (χ4n) is 2.04. The Labute approximate surface area is 113 Å². The number of hydrogen-bond donors (Lipinski definition) is 0. The largest absolute Gasteiger partial charge is 0.469 e. The number of fused-ring (bicyclic) bond motifs is 1. The molecule has 1 aliphatic rings. The molecule has 0 fully saturated rings. The molecule has 0 saturated heterocycles. The van der Waals surface area contributed by atoms with Gasteiger partial charge >= 0.3 is 5.97 Å². The molecule has 1 heterocycles. The van der Waals surface area contributed by atoms with Crippen LogP contribution < -0.4 is 4.90 Å². The van der Waals surface area contributed by atoms with Crippen molar-refractivity contribution in [3.63, 3.8) is 0 Å². The topological polar surface area (TPSA) is 63.7 Å². The number of halogens is 2. The number of ether oxygens (including phenoxy) is 1. The van der Waals surface area contributed by atoms with Crippen LogP contribution in [0.3, 0.4) is 0 Å². The first kappa shape index (κ1) is 14.1. The standard InChI is InChI=1S/C13H11F2NO4/c1-20-10(17)3-2-4-16-9-6-7(14)5-8(15)11(9)12(18)13(16)19/h5-6H,2-4H2,1H3. The minimum absolute atomic E-state index is 0.00949. The Morgan fingerprint density at radius 1 is 1.30 bits per heavy atom. The smallest absolute Gasteiger partial charge is 0.305 e. The fourth-order valence-corrected chi connectivity index (χ4v) is 2.04. The molecule has 1 aromatic carbocycles. The first-order valence-corrected chi connectivity index (χ1v) is 5.87. The average molecular weight is 283 g/mol. The van der Waals surface area contributed by atoms with Crippen LogP contribution in [0.2, 0.25) is 0 Å². The Bertz CT molecular complexity index is 600. The van der Waals surface area contributed by atoms with E-state index < -0.39 is 34.9 Å². The van der Waals surface area contributed by atoms with Gasteiger partial charge in [0.15, 0.2) is 0 Å². The van der Waals surface area contributed by atoms with Gasteiger partial charge in [-0.3, -0.25) is 14.4 Å². The number of esters is 1. The summed E-state index contributed by atoms with van der Waals surface area (Å²) < 4.78 is 31.2. The van der Waals surface area contributed by atoms with Gasteiger partial charge < -0.3 is 9.64 Å². The number of benzene rings is 1. The van der Waals surface area contributed by atoms with Crippen molar-refractivity contribution in [2.24, 2.45) is 0 Å². The summed E-state index contributed by atoms with van der Waals surface area (Å²) >= 11 is 0. The maximum Gasteiger partial charge on any atom is 0.305 e. The van der Waals surface area contributed by atoms with E-state index in [0.717, 1.165) is 11.0 Å². The maximum absolute atomic E-state index is 13.5. The monoisotopic (exact) mass is 283 g/mol. The Kier molecular flexibility index (Phi) is 3.78. The SMILES string of the molecule is COC(=O)CCCN1C(=O)C(=O)c2c(F)cc(F)cc21. The van der Waals surface area contributed by atoms with Crippen LogP contribution in [-0.4, -0.2) is 31.3 Å². The molecule has 1 aromatic rings. The number of Topliss-reactive ketones (excluding diaryl/α,β-unsaturated/α-hetero) is 1. The predicted octanol–water partition coefficient (Wildman–Crippen LogP) is 1.45. The summed E-state index contributed by atoms with van der Waals surface area (Å²) in [6, 6.07) is 1.49. The third-order valence-corrected chi connectivity index (χ3v) is 2.98. The van der Waals surface area contributed by atoms with Crippen LogP contribution >= 0.6 is 0 Å². The highest BCUT2D eigenvalue weighted by Crippen LogP contribution is 2.32. The Balaban J connectivity index is 2.22. The molecule has 106 valence electrons. The second-order valence-electron chi connectivity index (χ2n) is 4.25. The molecule has 1 aliphatic heterocycles. The van der Waals surface area contributed by atoms with Gasteiger partial charge in [-0.25, -0.2) is 8.78 Å². The second-order valence-corrected chi connectivity index (χ2v) is 4.25. The van der Waals surface area contributed by atoms with Crippen LogP contribution in [0.15, 0.2) is 12.1 Å². The van der Waals surface area contributed by atoms with Gasteiger partial charge in [0.2, 0.25) is 0 Å². The van der Waals surface area contributed by atoms with Gasteiger partial charge in [-0.1, -0.05) is 0 Å². The number of carbonyl (C=O) groups is 3. The van der Waals surface area contributed by atoms with Gasteiger partial charge in [0.25, 0.3) is 11.7 Å². The van der Waals surface area contributed by atoms with E-state index in [1.807, 2.05) is 0 Å². The van der Waals surface area contributed by atoms with Gasteiger partial charge in [-0.2, -0.15) is 0 Å². The van der Waals surface area contributed by atoms with E-state index in [1.165, 1.54) is 7.11 Å². The summed E-state index contributed by atoms with van der Waals surface area (Å²) in [4.78, 5) is 35.3. The Morgan fingerprint density at radius 3 is 2.65 bits per heavy atom. The van der Waals surface area contributed by atoms with E-state index >= 15 is 0 Å². The molecule has 0 spiro atoms. The average Bonchev–Trinajstić information content (AvgIpc) is 2.63. The van der Waals surface area contributed by atoms with Crippen LogP contribution in [0, 0.1) is 11.6 Å². The first-order chi connectivity index (χ1) is 9.45. The van der Waals surface area contributed by atoms with Crippen molar-refractivity contribution in [2.75, 3.05) is 18.6 Å². The zero-order chi connectivity index (χ0) is 14.9. The Hall–Kier alpha value is -2.31. The molecule has 5 nitrogen and oxygen atoms in total. The molecule has 0 bridgehead atoms. The normalized spacial score (nSPS) is 13.7. The van der Waals surface area contributed by atoms with Gasteiger partial charge in [0.1, 0.15) is 11.6 Å². The summed E-state index contributed by atoms with van der Waals surface area (Å²) in [5.41, 5.74) is -0.517. The molecule has 7 heteroatoms. The minimum Gasteiger partial charge on any atom is -0.469 e. The van der Waals surface area contributed by atoms with Crippen LogP contribution in [0.25, 0.3) is 0 Å². The van der Waals surface area contributed by atoms with Crippen molar-refractivity contribution in [3.05, 3.63) is 29.3 Å². The van der Waals surface area contributed by atoms with E-state index in [0.29, 0.717) is 6.07 Å². The number of amides is 1. The summed E-state index contributed by atoms with van der Waals surface area (Å²) in [7, 11) is 1.23. The highest BCUT2D eigenvalue weighted by atomic mass is 19.1. The molecular weight excluding hydrogens is 272 g/mol. The van der Waals surface area contributed by atoms with Crippen LogP contribution in [-0.2, 0) is 14.3 Å². The quantitative estimate of drug-likeness (QED) is 0.619. The number of ketones is 1. The van der Waals surface area contributed by atoms with Crippen molar-refractivity contribution < 1.29 is 27.9 Å². The number of hydrogen-bond acceptors (Lipinski definition) is 4. The Morgan fingerprint density at radius 2 is 2.00 bits per heavy atom. The molecule has 0 saturated carbocycles. The van der Waals surface area contributed by atoms with Crippen LogP contribution in [0.1, 0.15) is 23.2 Å². The highest BCUT2D eigenvalue weighted by molar-refractivity contribution is 6.52. The first-order valence-electron chi connectivity index (χ1n) is 5.87. The summed E-state index contributed by atoms with van der Waals surface area (Å²) in [6.07, 6.45) is 0.269. The number of anilines is 1. The molecule has 0 aliphatic carbocycles. The van der Waals surface area contributed by atoms with Crippen LogP contribution in [0.5, 0.6) is 0 Å². The molecule has 20 heavy (non-hydrogen) atoms. The minimum atomic E-state index is -1.06. The second kappa shape index (κ2) is 5.36. The molecule has 0 radical (unpaired) electrons. The number of methoxy groups -OCH3 is 1. The number of carbonyl (C=O) groups excluding carboxylic acids is 3. The fraction of sp³-hybridized carbons (Fsp3) is 0.308. The summed E-state index contributed by atoms with van der Waals surface area (Å²) in [6.45, 7) is 0.00949. The van der Waals surface area contributed by atoms with Crippen LogP contribution in [0.4, 0.5) is 14.5 Å². The lowest BCUT2D eigenvalue weighted by molar-refractivity contribution is -0.140. The number of rotatable bonds is 4. The lowest BCUT2D eigenvalue weighted by Gasteiger charge is -2.16. The van der Waals surface area contributed by atoms with Crippen molar-refractivity contribution in [1.82, 2.24) is 0 Å². The molecule has 0 atom stereocenters. The third-order valence-electron chi connectivity index (χ3n) is 2.98. The molecule has 2 rings (SSSR count). The summed E-state index contributed by atoms with van der Waals surface area (Å²) in [5, 5.41) is 0. The van der Waals surface area contributed by atoms with Gasteiger partial charge in [-0.05, 0) is 12.5 Å². The number of nitrogens with zero attached hydrogens (tertiary/aromatic N) is 1. The van der Waals surface area contributed by atoms with E-state index in [4.69, 9.17) is 0 Å². The molecule has 1 amide bonds. The maximum atomic E-state index is 13.5. The van der Waals surface area contributed by atoms with Crippen molar-refractivity contribution in [2.45, 2.75) is 12.8 Å². The molecule has 0 N–H and O–H groups in total. The predicted molar refractivity (Wildman–Crippen MR) is 64.3 cm³/mol. The van der Waals surface area contributed by atoms with Gasteiger partial charge in [0.05, 0.1) is 18.4 Å². The lowest BCUT2D eigenvalue weighted by atomic mass is 10.1. The van der Waals surface area contributed by atoms with E-state index in [2.05, 4.69) is 4.74 Å². The third kappa shape index (κ3) is 2.38. The molecule has 0 unspecified atom stereocenters. The van der Waals surface area contributed by atoms with E-state index in [9.17, 15) is 23.2 Å². The van der Waals surface area contributed by atoms with Crippen molar-refractivity contribution >= 4 is 23.3 Å². The summed E-state index contributed by atoms with van der Waals surface area (Å²) in [5.74, 6) is -4.32. The zero-order valence-corrected chi connectivity index (χ0v) is 10.6. The van der Waals surface area contributed by atoms with Gasteiger partial charge in [-0.15, -0.1) is 0 Å². The lowest BCUT2D eigenvalue weighted by Crippen LogP contribution is -2.31. The van der Waals surface area contributed by atoms with E-state index in [-0.39, 0.29) is 25.1 Å². The van der Waals surface area contributed by atoms with Crippen molar-refractivity contribution in [3.8, 4) is 0 Å². The van der Waals surface area contributed by atoms with E-state index in [1.54, 1.807) is 0 Å². The van der Waals surface area contributed by atoms with Crippen molar-refractivity contribution in [1.29, 1.82) is 0 Å². The highest BCUT2D eigenvalue weighted by Gasteiger charge is 2.38. The zero-order valence-electron chi connectivity index (χ0n) is 10.6.